The van der Waals surface area contributed by atoms with Crippen molar-refractivity contribution in [1.82, 2.24) is 18.9 Å². The molecule has 0 atom stereocenters. The Hall–Kier alpha value is -1.67. The molecule has 19 heavy (non-hydrogen) atoms. The van der Waals surface area contributed by atoms with Crippen molar-refractivity contribution < 1.29 is 8.42 Å². The highest BCUT2D eigenvalue weighted by Gasteiger charge is 2.13. The normalized spacial score (nSPS) is 12.2. The Kier molecular flexibility index (Phi) is 3.72. The Morgan fingerprint density at radius 2 is 2.16 bits per heavy atom. The molecule has 2 rings (SSSR count). The van der Waals surface area contributed by atoms with Gasteiger partial charge in [-0.3, -0.25) is 0 Å². The molecule has 0 bridgehead atoms. The van der Waals surface area contributed by atoms with Gasteiger partial charge in [0.05, 0.1) is 5.75 Å². The molecule has 0 aromatic carbocycles. The summed E-state index contributed by atoms with van der Waals surface area (Å²) >= 11 is 0. The third kappa shape index (κ3) is 3.02. The molecule has 2 aromatic rings. The lowest BCUT2D eigenvalue weighted by Crippen LogP contribution is -2.28. The average Bonchev–Trinajstić information content (AvgIpc) is 2.73. The SMILES string of the molecule is Cc1cccn2nc(NCCS(=O)(=O)N(C)C)nc12. The second kappa shape index (κ2) is 5.14. The third-order valence-electron chi connectivity index (χ3n) is 2.76. The van der Waals surface area contributed by atoms with Crippen LogP contribution in [0.4, 0.5) is 5.95 Å². The van der Waals surface area contributed by atoms with Crippen molar-refractivity contribution in [3.8, 4) is 0 Å². The Bertz CT molecular complexity index is 677. The number of nitrogens with one attached hydrogen (secondary N) is 1. The maximum Gasteiger partial charge on any atom is 0.243 e. The summed E-state index contributed by atoms with van der Waals surface area (Å²) < 4.78 is 26.0. The molecule has 0 saturated carbocycles. The van der Waals surface area contributed by atoms with Gasteiger partial charge in [0, 0.05) is 26.8 Å². The topological polar surface area (TPSA) is 79.6 Å². The second-order valence-electron chi connectivity index (χ2n) is 4.42. The first-order valence-electron chi connectivity index (χ1n) is 5.86. The summed E-state index contributed by atoms with van der Waals surface area (Å²) in [7, 11) is -0.167. The Morgan fingerprint density at radius 3 is 2.79 bits per heavy atom. The van der Waals surface area contributed by atoms with Crippen molar-refractivity contribution in [3.05, 3.63) is 23.9 Å². The number of hydrogen-bond donors (Lipinski definition) is 1. The molecular weight excluding hydrogens is 266 g/mol. The molecule has 7 nitrogen and oxygen atoms in total. The van der Waals surface area contributed by atoms with E-state index >= 15 is 0 Å². The van der Waals surface area contributed by atoms with Crippen molar-refractivity contribution in [2.75, 3.05) is 31.7 Å². The minimum atomic E-state index is -3.20. The molecule has 0 aliphatic heterocycles. The van der Waals surface area contributed by atoms with Gasteiger partial charge >= 0.3 is 0 Å². The number of rotatable bonds is 5. The van der Waals surface area contributed by atoms with Crippen LogP contribution in [-0.2, 0) is 10.0 Å². The number of nitrogens with zero attached hydrogens (tertiary/aromatic N) is 4. The fraction of sp³-hybridized carbons (Fsp3) is 0.455. The van der Waals surface area contributed by atoms with E-state index in [4.69, 9.17) is 0 Å². The predicted octanol–water partition coefficient (Wildman–Crippen LogP) is 0.341. The number of hydrogen-bond acceptors (Lipinski definition) is 5. The van der Waals surface area contributed by atoms with Gasteiger partial charge in [-0.25, -0.2) is 17.2 Å². The Morgan fingerprint density at radius 1 is 1.42 bits per heavy atom. The van der Waals surface area contributed by atoms with E-state index in [1.54, 1.807) is 10.7 Å². The van der Waals surface area contributed by atoms with Crippen LogP contribution in [0.2, 0.25) is 0 Å². The van der Waals surface area contributed by atoms with Gasteiger partial charge in [0.15, 0.2) is 5.65 Å². The van der Waals surface area contributed by atoms with Crippen LogP contribution >= 0.6 is 0 Å². The Balaban J connectivity index is 2.05. The van der Waals surface area contributed by atoms with Gasteiger partial charge in [-0.2, -0.15) is 4.98 Å². The van der Waals surface area contributed by atoms with E-state index in [0.29, 0.717) is 5.95 Å². The van der Waals surface area contributed by atoms with Gasteiger partial charge in [-0.15, -0.1) is 5.10 Å². The van der Waals surface area contributed by atoms with Crippen LogP contribution in [0.5, 0.6) is 0 Å². The average molecular weight is 283 g/mol. The number of sulfonamides is 1. The van der Waals surface area contributed by atoms with E-state index in [2.05, 4.69) is 15.4 Å². The van der Waals surface area contributed by atoms with Crippen molar-refractivity contribution in [2.45, 2.75) is 6.92 Å². The van der Waals surface area contributed by atoms with Crippen molar-refractivity contribution in [1.29, 1.82) is 0 Å². The fourth-order valence-electron chi connectivity index (χ4n) is 1.59. The van der Waals surface area contributed by atoms with Gasteiger partial charge < -0.3 is 5.32 Å². The fourth-order valence-corrected chi connectivity index (χ4v) is 2.31. The highest BCUT2D eigenvalue weighted by Crippen LogP contribution is 2.09. The molecule has 8 heteroatoms. The minimum Gasteiger partial charge on any atom is -0.352 e. The number of anilines is 1. The molecule has 104 valence electrons. The molecule has 0 amide bonds. The predicted molar refractivity (Wildman–Crippen MR) is 73.7 cm³/mol. The van der Waals surface area contributed by atoms with Crippen LogP contribution in [0.3, 0.4) is 0 Å². The zero-order valence-electron chi connectivity index (χ0n) is 11.2. The molecule has 0 unspecified atom stereocenters. The van der Waals surface area contributed by atoms with Crippen molar-refractivity contribution in [3.63, 3.8) is 0 Å². The van der Waals surface area contributed by atoms with Crippen LogP contribution in [0, 0.1) is 6.92 Å². The minimum absolute atomic E-state index is 0.00847. The summed E-state index contributed by atoms with van der Waals surface area (Å²) in [5.41, 5.74) is 1.78. The highest BCUT2D eigenvalue weighted by molar-refractivity contribution is 7.89. The standard InChI is InChI=1S/C11H17N5O2S/c1-9-5-4-7-16-10(9)13-11(14-16)12-6-8-19(17,18)15(2)3/h4-5,7H,6,8H2,1-3H3,(H,12,14). The first-order chi connectivity index (χ1) is 8.90. The van der Waals surface area contributed by atoms with E-state index in [9.17, 15) is 8.42 Å². The highest BCUT2D eigenvalue weighted by atomic mass is 32.2. The third-order valence-corrected chi connectivity index (χ3v) is 4.59. The molecule has 2 heterocycles. The van der Waals surface area contributed by atoms with Crippen LogP contribution in [0.1, 0.15) is 5.56 Å². The summed E-state index contributed by atoms with van der Waals surface area (Å²) in [4.78, 5) is 4.31. The summed E-state index contributed by atoms with van der Waals surface area (Å²) in [6.45, 7) is 2.22. The van der Waals surface area contributed by atoms with Gasteiger partial charge in [-0.05, 0) is 18.6 Å². The number of pyridine rings is 1. The van der Waals surface area contributed by atoms with Gasteiger partial charge in [0.1, 0.15) is 0 Å². The van der Waals surface area contributed by atoms with Crippen molar-refractivity contribution in [2.24, 2.45) is 0 Å². The lowest BCUT2D eigenvalue weighted by atomic mass is 10.3. The van der Waals surface area contributed by atoms with Gasteiger partial charge in [0.25, 0.3) is 0 Å². The van der Waals surface area contributed by atoms with E-state index in [1.807, 2.05) is 19.1 Å². The molecule has 1 N–H and O–H groups in total. The van der Waals surface area contributed by atoms with Crippen LogP contribution < -0.4 is 5.32 Å². The zero-order valence-corrected chi connectivity index (χ0v) is 12.0. The Labute approximate surface area is 112 Å². The molecule has 0 aliphatic rings. The first kappa shape index (κ1) is 13.8. The number of aromatic nitrogens is 3. The van der Waals surface area contributed by atoms with Crippen molar-refractivity contribution >= 4 is 21.6 Å². The summed E-state index contributed by atoms with van der Waals surface area (Å²) in [5.74, 6) is 0.442. The monoisotopic (exact) mass is 283 g/mol. The molecule has 0 fully saturated rings. The number of fused-ring (bicyclic) bond motifs is 1. The smallest absolute Gasteiger partial charge is 0.243 e. The zero-order chi connectivity index (χ0) is 14.0. The lowest BCUT2D eigenvalue weighted by Gasteiger charge is -2.10. The first-order valence-corrected chi connectivity index (χ1v) is 7.47. The van der Waals surface area contributed by atoms with Gasteiger partial charge in [0.2, 0.25) is 16.0 Å². The lowest BCUT2D eigenvalue weighted by molar-refractivity contribution is 0.521. The van der Waals surface area contributed by atoms with E-state index in [0.717, 1.165) is 11.2 Å². The maximum atomic E-state index is 11.6. The molecule has 0 saturated heterocycles. The van der Waals surface area contributed by atoms with Crippen LogP contribution in [-0.4, -0.2) is 53.7 Å². The number of aryl methyl sites for hydroxylation is 1. The molecular formula is C11H17N5O2S. The largest absolute Gasteiger partial charge is 0.352 e. The van der Waals surface area contributed by atoms with E-state index in [1.165, 1.54) is 18.4 Å². The second-order valence-corrected chi connectivity index (χ2v) is 6.72. The molecule has 2 aromatic heterocycles. The van der Waals surface area contributed by atoms with E-state index in [-0.39, 0.29) is 12.3 Å². The summed E-state index contributed by atoms with van der Waals surface area (Å²) in [6, 6.07) is 3.83. The molecule has 0 spiro atoms. The van der Waals surface area contributed by atoms with Gasteiger partial charge in [-0.1, -0.05) is 6.07 Å². The molecule has 0 aliphatic carbocycles. The molecule has 0 radical (unpaired) electrons. The quantitative estimate of drug-likeness (QED) is 0.856. The van der Waals surface area contributed by atoms with Crippen LogP contribution in [0.15, 0.2) is 18.3 Å². The summed E-state index contributed by atoms with van der Waals surface area (Å²) in [6.07, 6.45) is 1.80. The van der Waals surface area contributed by atoms with Crippen LogP contribution in [0.25, 0.3) is 5.65 Å². The maximum absolute atomic E-state index is 11.6. The summed E-state index contributed by atoms with van der Waals surface area (Å²) in [5, 5.41) is 7.15. The van der Waals surface area contributed by atoms with E-state index < -0.39 is 10.0 Å².